The molecular weight excluding hydrogens is 444 g/mol. The Balaban J connectivity index is 1.32. The number of hydrogen-bond acceptors (Lipinski definition) is 5. The number of thiazole rings is 1. The van der Waals surface area contributed by atoms with Crippen LogP contribution in [-0.2, 0) is 6.42 Å². The van der Waals surface area contributed by atoms with Gasteiger partial charge in [-0.2, -0.15) is 5.10 Å². The summed E-state index contributed by atoms with van der Waals surface area (Å²) in [6.07, 6.45) is 7.16. The molecule has 0 aliphatic heterocycles. The highest BCUT2D eigenvalue weighted by Crippen LogP contribution is 2.28. The number of Topliss-reactive ketones (excluding diaryl/α,β-unsaturated/α-hetero) is 1. The smallest absolute Gasteiger partial charge is 0.255 e. The number of carbonyl (C=O) groups is 2. The fraction of sp³-hybridized carbons (Fsp3) is 0.111. The summed E-state index contributed by atoms with van der Waals surface area (Å²) in [7, 11) is 0. The van der Waals surface area contributed by atoms with E-state index in [1.54, 1.807) is 47.7 Å². The minimum absolute atomic E-state index is 0.0499. The Kier molecular flexibility index (Phi) is 6.01. The molecule has 1 aliphatic carbocycles. The van der Waals surface area contributed by atoms with E-state index in [4.69, 9.17) is 0 Å². The zero-order chi connectivity index (χ0) is 23.5. The summed E-state index contributed by atoms with van der Waals surface area (Å²) in [4.78, 5) is 30.1. The van der Waals surface area contributed by atoms with Crippen LogP contribution in [0.5, 0.6) is 0 Å². The first-order chi connectivity index (χ1) is 16.6. The maximum atomic E-state index is 13.2. The van der Waals surface area contributed by atoms with Gasteiger partial charge in [-0.15, -0.1) is 11.3 Å². The van der Waals surface area contributed by atoms with Crippen molar-refractivity contribution in [1.82, 2.24) is 15.2 Å². The number of amides is 1. The zero-order valence-corrected chi connectivity index (χ0v) is 19.4. The number of nitrogens with zero attached hydrogens (tertiary/aromatic N) is 2. The number of benzene rings is 2. The van der Waals surface area contributed by atoms with Crippen molar-refractivity contribution in [3.05, 3.63) is 104 Å². The third-order valence-electron chi connectivity index (χ3n) is 5.65. The van der Waals surface area contributed by atoms with Crippen LogP contribution >= 0.6 is 11.3 Å². The van der Waals surface area contributed by atoms with Crippen molar-refractivity contribution in [2.75, 3.05) is 5.32 Å². The average molecular weight is 467 g/mol. The van der Waals surface area contributed by atoms with E-state index in [0.29, 0.717) is 28.8 Å². The summed E-state index contributed by atoms with van der Waals surface area (Å²) in [5.74, 6) is -0.260. The number of hydrogen-bond donors (Lipinski definition) is 2. The molecule has 168 valence electrons. The lowest BCUT2D eigenvalue weighted by Crippen LogP contribution is -2.13. The second-order valence-corrected chi connectivity index (χ2v) is 9.09. The number of anilines is 1. The number of ketones is 1. The lowest BCUT2D eigenvalue weighted by Gasteiger charge is -2.13. The number of carbonyl (C=O) groups excluding carboxylic acids is 2. The minimum atomic E-state index is -0.211. The molecule has 2 N–H and O–H groups in total. The number of aryl methyl sites for hydroxylation is 1. The molecule has 1 amide bonds. The maximum absolute atomic E-state index is 13.2. The molecule has 34 heavy (non-hydrogen) atoms. The van der Waals surface area contributed by atoms with Crippen molar-refractivity contribution in [2.45, 2.75) is 19.8 Å². The first-order valence-corrected chi connectivity index (χ1v) is 11.8. The van der Waals surface area contributed by atoms with E-state index in [1.165, 1.54) is 0 Å². The summed E-state index contributed by atoms with van der Waals surface area (Å²) in [5.41, 5.74) is 6.15. The highest BCUT2D eigenvalue weighted by atomic mass is 32.1. The molecule has 4 aromatic rings. The van der Waals surface area contributed by atoms with Gasteiger partial charge in [-0.25, -0.2) is 4.98 Å². The van der Waals surface area contributed by atoms with Crippen LogP contribution in [0.2, 0.25) is 0 Å². The second-order valence-electron chi connectivity index (χ2n) is 8.03. The third kappa shape index (κ3) is 4.65. The fourth-order valence-electron chi connectivity index (χ4n) is 3.94. The standard InChI is InChI=1S/C27H22N4O2S/c1-17-28-22(16-34-17)11-13-24-23-12-10-20(15-25(23)31-30-24)26(32)19-8-5-9-21(14-19)29-27(33)18-6-3-2-4-7-18/h2-9,11,13-16H,10,12H2,1H3,(H,29,33)(H,30,31)/b13-11+. The number of aromatic nitrogens is 3. The van der Waals surface area contributed by atoms with Crippen molar-refractivity contribution >= 4 is 46.9 Å². The Bertz CT molecular complexity index is 1430. The topological polar surface area (TPSA) is 87.7 Å². The summed E-state index contributed by atoms with van der Waals surface area (Å²) in [6.45, 7) is 1.98. The Morgan fingerprint density at radius 2 is 1.85 bits per heavy atom. The van der Waals surface area contributed by atoms with Crippen molar-refractivity contribution in [2.24, 2.45) is 0 Å². The summed E-state index contributed by atoms with van der Waals surface area (Å²) in [5, 5.41) is 13.4. The molecule has 0 radical (unpaired) electrons. The lowest BCUT2D eigenvalue weighted by atomic mass is 9.90. The van der Waals surface area contributed by atoms with Crippen LogP contribution in [0.3, 0.4) is 0 Å². The molecule has 0 atom stereocenters. The third-order valence-corrected chi connectivity index (χ3v) is 6.44. The van der Waals surface area contributed by atoms with Gasteiger partial charge in [0, 0.05) is 33.3 Å². The molecule has 0 saturated heterocycles. The Morgan fingerprint density at radius 1 is 1.03 bits per heavy atom. The van der Waals surface area contributed by atoms with Gasteiger partial charge in [0.05, 0.1) is 22.1 Å². The molecule has 2 aromatic heterocycles. The largest absolute Gasteiger partial charge is 0.322 e. The average Bonchev–Trinajstić information content (AvgIpc) is 3.48. The van der Waals surface area contributed by atoms with Crippen molar-refractivity contribution in [3.63, 3.8) is 0 Å². The van der Waals surface area contributed by atoms with Gasteiger partial charge in [0.25, 0.3) is 5.91 Å². The van der Waals surface area contributed by atoms with E-state index in [2.05, 4.69) is 20.5 Å². The van der Waals surface area contributed by atoms with Crippen molar-refractivity contribution in [3.8, 4) is 0 Å². The van der Waals surface area contributed by atoms with Crippen LogP contribution in [0.1, 0.15) is 54.8 Å². The number of H-pyrrole nitrogens is 1. The highest BCUT2D eigenvalue weighted by molar-refractivity contribution is 7.09. The predicted molar refractivity (Wildman–Crippen MR) is 136 cm³/mol. The molecule has 7 heteroatoms. The Hall–Kier alpha value is -4.10. The second kappa shape index (κ2) is 9.41. The molecule has 2 heterocycles. The van der Waals surface area contributed by atoms with Crippen LogP contribution in [0, 0.1) is 6.92 Å². The van der Waals surface area contributed by atoms with Crippen LogP contribution < -0.4 is 5.32 Å². The fourth-order valence-corrected chi connectivity index (χ4v) is 4.52. The van der Waals surface area contributed by atoms with E-state index in [9.17, 15) is 9.59 Å². The van der Waals surface area contributed by atoms with E-state index >= 15 is 0 Å². The Labute approximate surface area is 201 Å². The highest BCUT2D eigenvalue weighted by Gasteiger charge is 2.21. The van der Waals surface area contributed by atoms with Crippen LogP contribution in [0.4, 0.5) is 5.69 Å². The number of nitrogens with one attached hydrogen (secondary N) is 2. The number of aromatic amines is 1. The van der Waals surface area contributed by atoms with Gasteiger partial charge in [0.1, 0.15) is 0 Å². The molecule has 0 unspecified atom stereocenters. The van der Waals surface area contributed by atoms with E-state index in [-0.39, 0.29) is 11.7 Å². The molecule has 0 spiro atoms. The molecule has 1 aliphatic rings. The van der Waals surface area contributed by atoms with Gasteiger partial charge in [-0.1, -0.05) is 30.3 Å². The number of rotatable bonds is 6. The molecular formula is C27H22N4O2S. The lowest BCUT2D eigenvalue weighted by molar-refractivity contribution is 0.101. The SMILES string of the molecule is Cc1nc(/C=C/c2n[nH]c3c2CCC(C(=O)c2cccc(NC(=O)c4ccccc4)c2)=C3)cs1. The first kappa shape index (κ1) is 21.7. The first-order valence-electron chi connectivity index (χ1n) is 11.0. The van der Waals surface area contributed by atoms with Gasteiger partial charge < -0.3 is 5.32 Å². The van der Waals surface area contributed by atoms with Gasteiger partial charge in [0.15, 0.2) is 5.78 Å². The molecule has 6 nitrogen and oxygen atoms in total. The quantitative estimate of drug-likeness (QED) is 0.351. The molecule has 5 rings (SSSR count). The predicted octanol–water partition coefficient (Wildman–Crippen LogP) is 5.81. The minimum Gasteiger partial charge on any atom is -0.322 e. The summed E-state index contributed by atoms with van der Waals surface area (Å²) in [6, 6.07) is 16.0. The van der Waals surface area contributed by atoms with Crippen molar-refractivity contribution < 1.29 is 9.59 Å². The van der Waals surface area contributed by atoms with Gasteiger partial charge >= 0.3 is 0 Å². The van der Waals surface area contributed by atoms with Crippen molar-refractivity contribution in [1.29, 1.82) is 0 Å². The zero-order valence-electron chi connectivity index (χ0n) is 18.5. The molecule has 2 aromatic carbocycles. The number of allylic oxidation sites excluding steroid dienone is 1. The van der Waals surface area contributed by atoms with Gasteiger partial charge in [-0.05, 0) is 62.3 Å². The number of fused-ring (bicyclic) bond motifs is 1. The van der Waals surface area contributed by atoms with E-state index in [0.717, 1.165) is 34.1 Å². The van der Waals surface area contributed by atoms with Crippen LogP contribution in [0.15, 0.2) is 65.6 Å². The summed E-state index contributed by atoms with van der Waals surface area (Å²) < 4.78 is 0. The van der Waals surface area contributed by atoms with Crippen LogP contribution in [0.25, 0.3) is 18.2 Å². The van der Waals surface area contributed by atoms with Gasteiger partial charge in [-0.3, -0.25) is 14.7 Å². The molecule has 0 fully saturated rings. The Morgan fingerprint density at radius 3 is 2.65 bits per heavy atom. The maximum Gasteiger partial charge on any atom is 0.255 e. The summed E-state index contributed by atoms with van der Waals surface area (Å²) >= 11 is 1.61. The molecule has 0 saturated carbocycles. The monoisotopic (exact) mass is 466 g/mol. The molecule has 0 bridgehead atoms. The van der Waals surface area contributed by atoms with E-state index < -0.39 is 0 Å². The van der Waals surface area contributed by atoms with Gasteiger partial charge in [0.2, 0.25) is 0 Å². The van der Waals surface area contributed by atoms with E-state index in [1.807, 2.05) is 48.7 Å². The van der Waals surface area contributed by atoms with Crippen LogP contribution in [-0.4, -0.2) is 26.9 Å². The normalized spacial score (nSPS) is 12.9.